The molecule has 4 nitrogen and oxygen atoms in total. The predicted octanol–water partition coefficient (Wildman–Crippen LogP) is 3.75. The molecule has 0 amide bonds. The van der Waals surface area contributed by atoms with Crippen LogP contribution < -0.4 is 10.2 Å². The Morgan fingerprint density at radius 3 is 2.12 bits per heavy atom. The van der Waals surface area contributed by atoms with Gasteiger partial charge in [-0.25, -0.2) is 8.93 Å². The third-order valence-corrected chi connectivity index (χ3v) is 6.86. The standard InChI is InChI=1S/C18H29BClNO3S/c1-12(21-25(22)16(2,3)4)14-10-9-13(11-15(14)20)19-23-17(5,6)18(7,8)24-19/h9-12,21H,1-8H3. The molecule has 0 aromatic heterocycles. The molecule has 2 unspecified atom stereocenters. The number of rotatable bonds is 4. The summed E-state index contributed by atoms with van der Waals surface area (Å²) in [6.45, 7) is 15.9. The van der Waals surface area contributed by atoms with Gasteiger partial charge in [0.1, 0.15) is 0 Å². The number of nitrogens with one attached hydrogen (secondary N) is 1. The Labute approximate surface area is 159 Å². The first-order chi connectivity index (χ1) is 11.2. The summed E-state index contributed by atoms with van der Waals surface area (Å²) in [4.78, 5) is 0. The maximum Gasteiger partial charge on any atom is 0.494 e. The van der Waals surface area contributed by atoms with Gasteiger partial charge in [0, 0.05) is 11.1 Å². The Kier molecular flexibility index (Phi) is 5.83. The molecule has 7 heteroatoms. The molecule has 0 radical (unpaired) electrons. The maximum atomic E-state index is 12.3. The molecule has 1 aliphatic rings. The molecule has 1 fully saturated rings. The zero-order valence-corrected chi connectivity index (χ0v) is 18.0. The molecule has 1 aliphatic heterocycles. The van der Waals surface area contributed by atoms with Crippen molar-refractivity contribution < 1.29 is 13.5 Å². The second kappa shape index (κ2) is 6.97. The van der Waals surface area contributed by atoms with Gasteiger partial charge in [-0.3, -0.25) is 0 Å². The highest BCUT2D eigenvalue weighted by Crippen LogP contribution is 2.36. The summed E-state index contributed by atoms with van der Waals surface area (Å²) in [5.41, 5.74) is 1.01. The smallest absolute Gasteiger partial charge is 0.399 e. The van der Waals surface area contributed by atoms with Gasteiger partial charge < -0.3 is 9.31 Å². The van der Waals surface area contributed by atoms with Crippen molar-refractivity contribution in [2.75, 3.05) is 0 Å². The fourth-order valence-electron chi connectivity index (χ4n) is 2.42. The fraction of sp³-hybridized carbons (Fsp3) is 0.667. The quantitative estimate of drug-likeness (QED) is 0.803. The Morgan fingerprint density at radius 1 is 1.16 bits per heavy atom. The molecule has 2 atom stereocenters. The highest BCUT2D eigenvalue weighted by atomic mass is 35.5. The van der Waals surface area contributed by atoms with Crippen LogP contribution in [0.25, 0.3) is 0 Å². The summed E-state index contributed by atoms with van der Waals surface area (Å²) in [6, 6.07) is 5.65. The van der Waals surface area contributed by atoms with Crippen LogP contribution in [0, 0.1) is 0 Å². The van der Waals surface area contributed by atoms with E-state index >= 15 is 0 Å². The SMILES string of the molecule is CC(NS(=O)C(C)(C)C)c1ccc(B2OC(C)(C)C(C)(C)O2)cc1Cl. The van der Waals surface area contributed by atoms with Crippen LogP contribution in [0.5, 0.6) is 0 Å². The minimum atomic E-state index is -1.16. The first kappa shape index (κ1) is 20.9. The van der Waals surface area contributed by atoms with E-state index in [4.69, 9.17) is 20.9 Å². The minimum Gasteiger partial charge on any atom is -0.399 e. The van der Waals surface area contributed by atoms with Crippen molar-refractivity contribution in [2.24, 2.45) is 0 Å². The van der Waals surface area contributed by atoms with Gasteiger partial charge in [-0.2, -0.15) is 0 Å². The van der Waals surface area contributed by atoms with Gasteiger partial charge in [-0.1, -0.05) is 23.7 Å². The summed E-state index contributed by atoms with van der Waals surface area (Å²) in [5, 5.41) is 0.609. The molecule has 0 spiro atoms. The van der Waals surface area contributed by atoms with Crippen LogP contribution in [0.3, 0.4) is 0 Å². The molecule has 1 aromatic rings. The monoisotopic (exact) mass is 385 g/mol. The number of benzene rings is 1. The summed E-state index contributed by atoms with van der Waals surface area (Å²) in [6.07, 6.45) is 0. The van der Waals surface area contributed by atoms with Gasteiger partial charge in [-0.05, 0) is 72.5 Å². The van der Waals surface area contributed by atoms with E-state index in [9.17, 15) is 4.21 Å². The van der Waals surface area contributed by atoms with Crippen LogP contribution in [0.1, 0.15) is 67.0 Å². The van der Waals surface area contributed by atoms with Gasteiger partial charge in [0.25, 0.3) is 0 Å². The van der Waals surface area contributed by atoms with Gasteiger partial charge in [0.2, 0.25) is 0 Å². The lowest BCUT2D eigenvalue weighted by Gasteiger charge is -2.32. The molecule has 0 saturated carbocycles. The van der Waals surface area contributed by atoms with E-state index < -0.39 is 18.1 Å². The van der Waals surface area contributed by atoms with Crippen LogP contribution in [-0.2, 0) is 20.3 Å². The topological polar surface area (TPSA) is 47.6 Å². The molecule has 1 aromatic carbocycles. The number of halogens is 1. The third kappa shape index (κ3) is 4.48. The highest BCUT2D eigenvalue weighted by molar-refractivity contribution is 7.84. The Bertz CT molecular complexity index is 657. The summed E-state index contributed by atoms with van der Waals surface area (Å²) < 4.78 is 27.2. The summed E-state index contributed by atoms with van der Waals surface area (Å²) in [7, 11) is -1.60. The predicted molar refractivity (Wildman–Crippen MR) is 107 cm³/mol. The molecule has 1 saturated heterocycles. The van der Waals surface area contributed by atoms with Gasteiger partial charge in [0.05, 0.1) is 26.9 Å². The minimum absolute atomic E-state index is 0.125. The molecule has 1 heterocycles. The van der Waals surface area contributed by atoms with E-state index in [0.29, 0.717) is 5.02 Å². The number of hydrogen-bond acceptors (Lipinski definition) is 3. The normalized spacial score (nSPS) is 22.0. The van der Waals surface area contributed by atoms with E-state index in [-0.39, 0.29) is 22.0 Å². The van der Waals surface area contributed by atoms with Crippen LogP contribution in [0.2, 0.25) is 5.02 Å². The van der Waals surface area contributed by atoms with Crippen LogP contribution in [0.15, 0.2) is 18.2 Å². The largest absolute Gasteiger partial charge is 0.494 e. The highest BCUT2D eigenvalue weighted by Gasteiger charge is 2.51. The van der Waals surface area contributed by atoms with E-state index in [1.807, 2.05) is 73.6 Å². The molecular formula is C18H29BClNO3S. The van der Waals surface area contributed by atoms with Crippen molar-refractivity contribution >= 4 is 35.2 Å². The number of hydrogen-bond donors (Lipinski definition) is 1. The van der Waals surface area contributed by atoms with Crippen molar-refractivity contribution in [1.29, 1.82) is 0 Å². The first-order valence-electron chi connectivity index (χ1n) is 8.57. The van der Waals surface area contributed by atoms with Crippen molar-refractivity contribution in [3.63, 3.8) is 0 Å². The van der Waals surface area contributed by atoms with Crippen molar-refractivity contribution in [3.8, 4) is 0 Å². The Hall–Kier alpha value is -0.395. The Morgan fingerprint density at radius 2 is 1.68 bits per heavy atom. The molecule has 0 aliphatic carbocycles. The molecule has 2 rings (SSSR count). The molecular weight excluding hydrogens is 357 g/mol. The molecule has 25 heavy (non-hydrogen) atoms. The first-order valence-corrected chi connectivity index (χ1v) is 10.1. The van der Waals surface area contributed by atoms with Crippen LogP contribution in [0.4, 0.5) is 0 Å². The zero-order chi connectivity index (χ0) is 19.2. The third-order valence-electron chi connectivity index (χ3n) is 4.86. The van der Waals surface area contributed by atoms with E-state index in [1.165, 1.54) is 0 Å². The fourth-order valence-corrected chi connectivity index (χ4v) is 3.58. The van der Waals surface area contributed by atoms with E-state index in [1.54, 1.807) is 0 Å². The molecule has 1 N–H and O–H groups in total. The van der Waals surface area contributed by atoms with Gasteiger partial charge >= 0.3 is 7.12 Å². The lowest BCUT2D eigenvalue weighted by Crippen LogP contribution is -2.41. The average molecular weight is 386 g/mol. The van der Waals surface area contributed by atoms with E-state index in [2.05, 4.69) is 4.72 Å². The van der Waals surface area contributed by atoms with E-state index in [0.717, 1.165) is 11.0 Å². The lowest BCUT2D eigenvalue weighted by molar-refractivity contribution is 0.00578. The average Bonchev–Trinajstić information content (AvgIpc) is 2.66. The van der Waals surface area contributed by atoms with Crippen molar-refractivity contribution in [3.05, 3.63) is 28.8 Å². The molecule has 140 valence electrons. The van der Waals surface area contributed by atoms with Crippen molar-refractivity contribution in [1.82, 2.24) is 4.72 Å². The van der Waals surface area contributed by atoms with Gasteiger partial charge in [-0.15, -0.1) is 0 Å². The van der Waals surface area contributed by atoms with Crippen molar-refractivity contribution in [2.45, 2.75) is 77.4 Å². The lowest BCUT2D eigenvalue weighted by atomic mass is 9.78. The summed E-state index contributed by atoms with van der Waals surface area (Å²) in [5.74, 6) is 0. The molecule has 0 bridgehead atoms. The zero-order valence-electron chi connectivity index (χ0n) is 16.4. The Balaban J connectivity index is 2.18. The maximum absolute atomic E-state index is 12.3. The van der Waals surface area contributed by atoms with Crippen LogP contribution >= 0.6 is 11.6 Å². The second-order valence-electron chi connectivity index (χ2n) is 8.59. The van der Waals surface area contributed by atoms with Crippen LogP contribution in [-0.4, -0.2) is 27.3 Å². The summed E-state index contributed by atoms with van der Waals surface area (Å²) >= 11 is 6.49. The second-order valence-corrected chi connectivity index (χ2v) is 11.0. The van der Waals surface area contributed by atoms with Gasteiger partial charge in [0.15, 0.2) is 0 Å².